The Morgan fingerprint density at radius 2 is 2.07 bits per heavy atom. The highest BCUT2D eigenvalue weighted by molar-refractivity contribution is 5.93. The van der Waals surface area contributed by atoms with E-state index in [0.717, 1.165) is 12.0 Å². The molecular formula is C12H17NO2. The van der Waals surface area contributed by atoms with E-state index < -0.39 is 5.91 Å². The van der Waals surface area contributed by atoms with E-state index in [4.69, 9.17) is 5.21 Å². The van der Waals surface area contributed by atoms with Crippen molar-refractivity contribution in [1.29, 1.82) is 0 Å². The van der Waals surface area contributed by atoms with E-state index in [0.29, 0.717) is 5.56 Å². The molecule has 0 radical (unpaired) electrons. The molecule has 82 valence electrons. The molecule has 15 heavy (non-hydrogen) atoms. The van der Waals surface area contributed by atoms with Crippen molar-refractivity contribution in [3.05, 3.63) is 35.4 Å². The van der Waals surface area contributed by atoms with E-state index >= 15 is 0 Å². The maximum absolute atomic E-state index is 11.2. The third kappa shape index (κ3) is 3.72. The van der Waals surface area contributed by atoms with Crippen LogP contribution in [-0.2, 0) is 6.42 Å². The molecule has 3 nitrogen and oxygen atoms in total. The highest BCUT2D eigenvalue weighted by Crippen LogP contribution is 2.20. The van der Waals surface area contributed by atoms with Crippen molar-refractivity contribution < 1.29 is 10.0 Å². The fraction of sp³-hybridized carbons (Fsp3) is 0.417. The Balaban J connectivity index is 2.88. The number of rotatable bonds is 2. The van der Waals surface area contributed by atoms with Crippen molar-refractivity contribution in [3.8, 4) is 0 Å². The summed E-state index contributed by atoms with van der Waals surface area (Å²) in [5, 5.41) is 8.51. The molecule has 1 aromatic rings. The molecule has 0 unspecified atom stereocenters. The molecular weight excluding hydrogens is 190 g/mol. The van der Waals surface area contributed by atoms with Gasteiger partial charge in [0.2, 0.25) is 0 Å². The third-order valence-corrected chi connectivity index (χ3v) is 2.03. The van der Waals surface area contributed by atoms with Gasteiger partial charge in [-0.15, -0.1) is 0 Å². The molecule has 0 saturated carbocycles. The van der Waals surface area contributed by atoms with Gasteiger partial charge in [0.15, 0.2) is 0 Å². The van der Waals surface area contributed by atoms with Crippen LogP contribution in [0.1, 0.15) is 36.7 Å². The minimum absolute atomic E-state index is 0.189. The van der Waals surface area contributed by atoms with Crippen molar-refractivity contribution >= 4 is 5.91 Å². The standard InChI is InChI=1S/C12H17NO2/c1-12(2,3)8-9-5-4-6-10(7-9)11(14)13-15/h4-7,15H,8H2,1-3H3,(H,13,14). The van der Waals surface area contributed by atoms with Gasteiger partial charge in [0.25, 0.3) is 5.91 Å². The average molecular weight is 207 g/mol. The summed E-state index contributed by atoms with van der Waals surface area (Å²) in [5.74, 6) is -0.467. The molecule has 0 aromatic heterocycles. The van der Waals surface area contributed by atoms with Crippen LogP contribution in [0.4, 0.5) is 0 Å². The third-order valence-electron chi connectivity index (χ3n) is 2.03. The Hall–Kier alpha value is -1.35. The minimum Gasteiger partial charge on any atom is -0.288 e. The van der Waals surface area contributed by atoms with Crippen molar-refractivity contribution in [1.82, 2.24) is 5.48 Å². The summed E-state index contributed by atoms with van der Waals surface area (Å²) in [6.07, 6.45) is 0.902. The topological polar surface area (TPSA) is 49.3 Å². The number of nitrogens with one attached hydrogen (secondary N) is 1. The maximum Gasteiger partial charge on any atom is 0.274 e. The van der Waals surface area contributed by atoms with Gasteiger partial charge in [0.1, 0.15) is 0 Å². The van der Waals surface area contributed by atoms with E-state index in [-0.39, 0.29) is 5.41 Å². The lowest BCUT2D eigenvalue weighted by atomic mass is 9.88. The van der Waals surface area contributed by atoms with Gasteiger partial charge in [-0.05, 0) is 29.5 Å². The highest BCUT2D eigenvalue weighted by atomic mass is 16.5. The van der Waals surface area contributed by atoms with Crippen molar-refractivity contribution in [2.24, 2.45) is 5.41 Å². The first-order chi connectivity index (χ1) is 6.92. The number of hydrogen-bond acceptors (Lipinski definition) is 2. The molecule has 1 amide bonds. The van der Waals surface area contributed by atoms with Gasteiger partial charge < -0.3 is 0 Å². The predicted molar refractivity (Wildman–Crippen MR) is 58.9 cm³/mol. The summed E-state index contributed by atoms with van der Waals surface area (Å²) in [7, 11) is 0. The second-order valence-corrected chi connectivity index (χ2v) is 4.88. The van der Waals surface area contributed by atoms with Gasteiger partial charge in [-0.25, -0.2) is 5.48 Å². The molecule has 0 heterocycles. The number of hydrogen-bond donors (Lipinski definition) is 2. The fourth-order valence-electron chi connectivity index (χ4n) is 1.50. The molecule has 0 fully saturated rings. The number of hydroxylamine groups is 1. The largest absolute Gasteiger partial charge is 0.288 e. The van der Waals surface area contributed by atoms with Gasteiger partial charge in [0.05, 0.1) is 0 Å². The predicted octanol–water partition coefficient (Wildman–Crippen LogP) is 2.39. The molecule has 1 rings (SSSR count). The SMILES string of the molecule is CC(C)(C)Cc1cccc(C(=O)NO)c1. The Morgan fingerprint density at radius 3 is 2.60 bits per heavy atom. The molecule has 0 aliphatic rings. The minimum atomic E-state index is -0.467. The van der Waals surface area contributed by atoms with Crippen LogP contribution in [0.3, 0.4) is 0 Å². The molecule has 3 heteroatoms. The second-order valence-electron chi connectivity index (χ2n) is 4.88. The first kappa shape index (κ1) is 11.7. The van der Waals surface area contributed by atoms with Crippen LogP contribution in [0, 0.1) is 5.41 Å². The summed E-state index contributed by atoms with van der Waals surface area (Å²) in [4.78, 5) is 11.2. The zero-order valence-electron chi connectivity index (χ0n) is 9.37. The molecule has 1 aromatic carbocycles. The van der Waals surface area contributed by atoms with Gasteiger partial charge in [0, 0.05) is 5.56 Å². The molecule has 0 aliphatic heterocycles. The lowest BCUT2D eigenvalue weighted by Crippen LogP contribution is -2.19. The monoisotopic (exact) mass is 207 g/mol. The Labute approximate surface area is 90.1 Å². The lowest BCUT2D eigenvalue weighted by Gasteiger charge is -2.18. The zero-order valence-corrected chi connectivity index (χ0v) is 9.37. The summed E-state index contributed by atoms with van der Waals surface area (Å²) < 4.78 is 0. The van der Waals surface area contributed by atoms with Gasteiger partial charge in [-0.1, -0.05) is 32.9 Å². The summed E-state index contributed by atoms with van der Waals surface area (Å²) >= 11 is 0. The van der Waals surface area contributed by atoms with Gasteiger partial charge >= 0.3 is 0 Å². The summed E-state index contributed by atoms with van der Waals surface area (Å²) in [5.41, 5.74) is 3.41. The van der Waals surface area contributed by atoms with Crippen LogP contribution < -0.4 is 5.48 Å². The van der Waals surface area contributed by atoms with Crippen LogP contribution in [0.5, 0.6) is 0 Å². The molecule has 0 saturated heterocycles. The normalized spacial score (nSPS) is 11.2. The smallest absolute Gasteiger partial charge is 0.274 e. The van der Waals surface area contributed by atoms with E-state index in [1.807, 2.05) is 12.1 Å². The van der Waals surface area contributed by atoms with Crippen molar-refractivity contribution in [2.45, 2.75) is 27.2 Å². The first-order valence-corrected chi connectivity index (χ1v) is 4.96. The van der Waals surface area contributed by atoms with Crippen LogP contribution in [0.2, 0.25) is 0 Å². The second kappa shape index (κ2) is 4.45. The number of carbonyl (C=O) groups is 1. The fourth-order valence-corrected chi connectivity index (χ4v) is 1.50. The van der Waals surface area contributed by atoms with E-state index in [1.165, 1.54) is 0 Å². The Bertz CT molecular complexity index is 353. The van der Waals surface area contributed by atoms with E-state index in [2.05, 4.69) is 20.8 Å². The average Bonchev–Trinajstić information content (AvgIpc) is 2.14. The van der Waals surface area contributed by atoms with Gasteiger partial charge in [-0.3, -0.25) is 10.0 Å². The zero-order chi connectivity index (χ0) is 11.5. The van der Waals surface area contributed by atoms with E-state index in [1.54, 1.807) is 17.6 Å². The number of amides is 1. The molecule has 0 bridgehead atoms. The van der Waals surface area contributed by atoms with Crippen LogP contribution in [0.25, 0.3) is 0 Å². The Kier molecular flexibility index (Phi) is 3.48. The van der Waals surface area contributed by atoms with Crippen molar-refractivity contribution in [3.63, 3.8) is 0 Å². The van der Waals surface area contributed by atoms with Crippen LogP contribution in [0.15, 0.2) is 24.3 Å². The summed E-state index contributed by atoms with van der Waals surface area (Å²) in [6, 6.07) is 7.29. The first-order valence-electron chi connectivity index (χ1n) is 4.96. The lowest BCUT2D eigenvalue weighted by molar-refractivity contribution is 0.0706. The number of carbonyl (C=O) groups excluding carboxylic acids is 1. The van der Waals surface area contributed by atoms with Crippen LogP contribution in [-0.4, -0.2) is 11.1 Å². The van der Waals surface area contributed by atoms with Crippen molar-refractivity contribution in [2.75, 3.05) is 0 Å². The quantitative estimate of drug-likeness (QED) is 0.578. The molecule has 0 atom stereocenters. The Morgan fingerprint density at radius 1 is 1.40 bits per heavy atom. The molecule has 0 aliphatic carbocycles. The summed E-state index contributed by atoms with van der Waals surface area (Å²) in [6.45, 7) is 6.43. The highest BCUT2D eigenvalue weighted by Gasteiger charge is 2.12. The maximum atomic E-state index is 11.2. The number of benzene rings is 1. The van der Waals surface area contributed by atoms with Crippen LogP contribution >= 0.6 is 0 Å². The van der Waals surface area contributed by atoms with E-state index in [9.17, 15) is 4.79 Å². The molecule has 0 spiro atoms. The van der Waals surface area contributed by atoms with Gasteiger partial charge in [-0.2, -0.15) is 0 Å². The molecule has 2 N–H and O–H groups in total.